The van der Waals surface area contributed by atoms with Crippen molar-refractivity contribution in [2.24, 2.45) is 0 Å². The van der Waals surface area contributed by atoms with Crippen LogP contribution >= 0.6 is 11.3 Å². The normalized spacial score (nSPS) is 11.2. The quantitative estimate of drug-likeness (QED) is 0.574. The number of H-pyrrole nitrogens is 1. The number of imidazole rings is 1. The summed E-state index contributed by atoms with van der Waals surface area (Å²) in [4.78, 5) is 13.6. The number of nitrogens with zero attached hydrogens (tertiary/aromatic N) is 2. The third-order valence-corrected chi connectivity index (χ3v) is 5.14. The van der Waals surface area contributed by atoms with Crippen LogP contribution in [0, 0.1) is 12.7 Å². The molecule has 1 N–H and O–H groups in total. The minimum atomic E-state index is -0.205. The molecule has 0 amide bonds. The molecule has 3 heterocycles. The molecule has 1 aromatic carbocycles. The minimum absolute atomic E-state index is 0.205. The van der Waals surface area contributed by atoms with Crippen LogP contribution in [0.3, 0.4) is 0 Å². The molecule has 4 aromatic rings. The molecule has 0 unspecified atom stereocenters. The van der Waals surface area contributed by atoms with E-state index in [0.29, 0.717) is 0 Å². The second kappa shape index (κ2) is 6.17. The molecule has 0 aliphatic rings. The van der Waals surface area contributed by atoms with Crippen LogP contribution < -0.4 is 0 Å². The van der Waals surface area contributed by atoms with Crippen LogP contribution in [0.5, 0.6) is 0 Å². The first-order chi connectivity index (χ1) is 11.7. The van der Waals surface area contributed by atoms with E-state index >= 15 is 0 Å². The summed E-state index contributed by atoms with van der Waals surface area (Å²) in [7, 11) is 0. The summed E-state index contributed by atoms with van der Waals surface area (Å²) in [6.45, 7) is 2.11. The Labute approximate surface area is 143 Å². The fraction of sp³-hybridized carbons (Fsp3) is 0.158. The van der Waals surface area contributed by atoms with Gasteiger partial charge >= 0.3 is 0 Å². The van der Waals surface area contributed by atoms with E-state index in [1.54, 1.807) is 11.3 Å². The average Bonchev–Trinajstić information content (AvgIpc) is 3.19. The summed E-state index contributed by atoms with van der Waals surface area (Å²) in [5, 5.41) is 2.09. The number of aromatic amines is 1. The van der Waals surface area contributed by atoms with Crippen LogP contribution in [0.25, 0.3) is 21.6 Å². The van der Waals surface area contributed by atoms with Crippen molar-refractivity contribution in [1.29, 1.82) is 0 Å². The lowest BCUT2D eigenvalue weighted by molar-refractivity contribution is 0.627. The first-order valence-corrected chi connectivity index (χ1v) is 8.70. The fourth-order valence-corrected chi connectivity index (χ4v) is 3.68. The van der Waals surface area contributed by atoms with Gasteiger partial charge in [-0.15, -0.1) is 11.3 Å². The summed E-state index contributed by atoms with van der Waals surface area (Å²) in [6.07, 6.45) is 3.47. The lowest BCUT2D eigenvalue weighted by atomic mass is 10.1. The first kappa shape index (κ1) is 15.0. The summed E-state index contributed by atoms with van der Waals surface area (Å²) in [5.74, 6) is 0.699. The number of hydrogen-bond donors (Lipinski definition) is 1. The molecule has 0 spiro atoms. The van der Waals surface area contributed by atoms with E-state index in [9.17, 15) is 4.39 Å². The van der Waals surface area contributed by atoms with Gasteiger partial charge in [0, 0.05) is 23.1 Å². The van der Waals surface area contributed by atoms with Crippen LogP contribution in [0.15, 0.2) is 48.0 Å². The molecule has 0 radical (unpaired) electrons. The van der Waals surface area contributed by atoms with E-state index in [1.807, 2.05) is 18.3 Å². The Hall–Kier alpha value is -2.53. The lowest BCUT2D eigenvalue weighted by Crippen LogP contribution is -1.93. The molecule has 0 fully saturated rings. The third-order valence-electron chi connectivity index (χ3n) is 4.07. The minimum Gasteiger partial charge on any atom is -0.341 e. The molecule has 0 saturated heterocycles. The zero-order chi connectivity index (χ0) is 16.5. The number of thiophene rings is 1. The summed E-state index contributed by atoms with van der Waals surface area (Å²) in [5.41, 5.74) is 5.16. The number of hydrogen-bond acceptors (Lipinski definition) is 3. The van der Waals surface area contributed by atoms with Crippen LogP contribution in [0.4, 0.5) is 4.39 Å². The van der Waals surface area contributed by atoms with Gasteiger partial charge in [0.2, 0.25) is 0 Å². The Morgan fingerprint density at radius 3 is 2.71 bits per heavy atom. The van der Waals surface area contributed by atoms with Gasteiger partial charge in [-0.05, 0) is 54.1 Å². The number of nitrogens with one attached hydrogen (secondary N) is 1. The highest BCUT2D eigenvalue weighted by Crippen LogP contribution is 2.29. The summed E-state index contributed by atoms with van der Waals surface area (Å²) < 4.78 is 12.9. The maximum atomic E-state index is 12.9. The number of aromatic nitrogens is 3. The van der Waals surface area contributed by atoms with Crippen molar-refractivity contribution in [3.8, 4) is 10.4 Å². The predicted octanol–water partition coefficient (Wildman–Crippen LogP) is 4.92. The second-order valence-corrected chi connectivity index (χ2v) is 6.75. The summed E-state index contributed by atoms with van der Waals surface area (Å²) >= 11 is 1.72. The molecule has 0 aliphatic heterocycles. The van der Waals surface area contributed by atoms with Gasteiger partial charge < -0.3 is 4.98 Å². The highest BCUT2D eigenvalue weighted by molar-refractivity contribution is 7.13. The van der Waals surface area contributed by atoms with E-state index in [4.69, 9.17) is 0 Å². The first-order valence-electron chi connectivity index (χ1n) is 7.82. The van der Waals surface area contributed by atoms with Gasteiger partial charge in [0.25, 0.3) is 0 Å². The lowest BCUT2D eigenvalue weighted by Gasteiger charge is -1.99. The van der Waals surface area contributed by atoms with Gasteiger partial charge in [-0.3, -0.25) is 0 Å². The van der Waals surface area contributed by atoms with Crippen molar-refractivity contribution >= 4 is 22.5 Å². The number of fused-ring (bicyclic) bond motifs is 1. The van der Waals surface area contributed by atoms with Gasteiger partial charge in [-0.1, -0.05) is 12.1 Å². The van der Waals surface area contributed by atoms with E-state index in [2.05, 4.69) is 39.4 Å². The highest BCUT2D eigenvalue weighted by atomic mass is 32.1. The zero-order valence-corrected chi connectivity index (χ0v) is 14.0. The monoisotopic (exact) mass is 337 g/mol. The predicted molar refractivity (Wildman–Crippen MR) is 95.7 cm³/mol. The summed E-state index contributed by atoms with van der Waals surface area (Å²) in [6, 6.07) is 10.8. The molecule has 3 aromatic heterocycles. The van der Waals surface area contributed by atoms with Gasteiger partial charge in [-0.25, -0.2) is 14.4 Å². The number of aryl methyl sites for hydroxylation is 3. The second-order valence-electron chi connectivity index (χ2n) is 5.84. The standard InChI is InChI=1S/C19H16FN3S/c1-12-8-9-24-18(12)14-10-16-19(21-11-14)23-17(22-16)7-4-13-2-5-15(20)6-3-13/h2-3,5-6,8-11H,4,7H2,1H3,(H,21,22,23). The number of benzene rings is 1. The molecule has 120 valence electrons. The Kier molecular flexibility index (Phi) is 3.86. The molecule has 0 atom stereocenters. The van der Waals surface area contributed by atoms with Crippen LogP contribution in [0.2, 0.25) is 0 Å². The molecular formula is C19H16FN3S. The Morgan fingerprint density at radius 1 is 1.12 bits per heavy atom. The molecule has 3 nitrogen and oxygen atoms in total. The number of rotatable bonds is 4. The number of halogens is 1. The maximum absolute atomic E-state index is 12.9. The van der Waals surface area contributed by atoms with Crippen molar-refractivity contribution in [3.63, 3.8) is 0 Å². The molecule has 4 rings (SSSR count). The van der Waals surface area contributed by atoms with Crippen molar-refractivity contribution in [2.75, 3.05) is 0 Å². The van der Waals surface area contributed by atoms with E-state index in [-0.39, 0.29) is 5.82 Å². The Morgan fingerprint density at radius 2 is 1.96 bits per heavy atom. The third kappa shape index (κ3) is 2.95. The molecule has 0 saturated carbocycles. The van der Waals surface area contributed by atoms with Gasteiger partial charge in [0.05, 0.1) is 5.52 Å². The SMILES string of the molecule is Cc1ccsc1-c1cnc2nc(CCc3ccc(F)cc3)[nH]c2c1. The molecule has 24 heavy (non-hydrogen) atoms. The van der Waals surface area contributed by atoms with Gasteiger partial charge in [0.1, 0.15) is 11.6 Å². The van der Waals surface area contributed by atoms with Gasteiger partial charge in [0.15, 0.2) is 5.65 Å². The Balaban J connectivity index is 1.57. The topological polar surface area (TPSA) is 41.6 Å². The molecule has 5 heteroatoms. The van der Waals surface area contributed by atoms with Gasteiger partial charge in [-0.2, -0.15) is 0 Å². The molecule has 0 bridgehead atoms. The highest BCUT2D eigenvalue weighted by Gasteiger charge is 2.09. The van der Waals surface area contributed by atoms with E-state index < -0.39 is 0 Å². The molecule has 0 aliphatic carbocycles. The smallest absolute Gasteiger partial charge is 0.177 e. The molecular weight excluding hydrogens is 321 g/mol. The van der Waals surface area contributed by atoms with E-state index in [0.717, 1.165) is 41.0 Å². The van der Waals surface area contributed by atoms with Crippen molar-refractivity contribution in [3.05, 3.63) is 70.7 Å². The van der Waals surface area contributed by atoms with Crippen LogP contribution in [0.1, 0.15) is 17.0 Å². The number of pyridine rings is 1. The van der Waals surface area contributed by atoms with Crippen molar-refractivity contribution < 1.29 is 4.39 Å². The van der Waals surface area contributed by atoms with E-state index in [1.165, 1.54) is 22.6 Å². The fourth-order valence-electron chi connectivity index (χ4n) is 2.77. The van der Waals surface area contributed by atoms with Crippen molar-refractivity contribution in [2.45, 2.75) is 19.8 Å². The zero-order valence-electron chi connectivity index (χ0n) is 13.2. The maximum Gasteiger partial charge on any atom is 0.177 e. The van der Waals surface area contributed by atoms with Crippen molar-refractivity contribution in [1.82, 2.24) is 15.0 Å². The van der Waals surface area contributed by atoms with Crippen LogP contribution in [-0.2, 0) is 12.8 Å². The van der Waals surface area contributed by atoms with Crippen LogP contribution in [-0.4, -0.2) is 15.0 Å². The average molecular weight is 337 g/mol. The largest absolute Gasteiger partial charge is 0.341 e. The Bertz CT molecular complexity index is 985.